The highest BCUT2D eigenvalue weighted by Crippen LogP contribution is 2.37. The number of halogens is 2. The fourth-order valence-electron chi connectivity index (χ4n) is 2.73. The van der Waals surface area contributed by atoms with Crippen LogP contribution in [-0.2, 0) is 17.9 Å². The quantitative estimate of drug-likeness (QED) is 0.542. The van der Waals surface area contributed by atoms with Crippen LogP contribution in [0.15, 0.2) is 40.9 Å². The maximum Gasteiger partial charge on any atom is 0.320 e. The van der Waals surface area contributed by atoms with Crippen molar-refractivity contribution < 1.29 is 23.8 Å². The summed E-state index contributed by atoms with van der Waals surface area (Å²) in [6.07, 6.45) is 0. The van der Waals surface area contributed by atoms with Crippen molar-refractivity contribution >= 4 is 21.9 Å². The molecule has 0 aliphatic carbocycles. The van der Waals surface area contributed by atoms with Crippen molar-refractivity contribution in [3.05, 3.63) is 57.8 Å². The molecule has 0 heterocycles. The number of rotatable bonds is 10. The van der Waals surface area contributed by atoms with Crippen molar-refractivity contribution in [1.82, 2.24) is 5.32 Å². The highest BCUT2D eigenvalue weighted by Gasteiger charge is 2.21. The molecule has 1 unspecified atom stereocenters. The number of carbonyl (C=O) groups is 1. The van der Waals surface area contributed by atoms with Gasteiger partial charge in [0.25, 0.3) is 0 Å². The van der Waals surface area contributed by atoms with Crippen molar-refractivity contribution in [2.24, 2.45) is 5.92 Å². The van der Waals surface area contributed by atoms with Gasteiger partial charge in [-0.3, -0.25) is 4.79 Å². The molecule has 0 spiro atoms. The Morgan fingerprint density at radius 1 is 1.25 bits per heavy atom. The summed E-state index contributed by atoms with van der Waals surface area (Å²) >= 11 is 3.48. The first kappa shape index (κ1) is 22.2. The second kappa shape index (κ2) is 10.4. The molecule has 2 N–H and O–H groups in total. The van der Waals surface area contributed by atoms with Crippen LogP contribution in [0, 0.1) is 11.7 Å². The van der Waals surface area contributed by atoms with Crippen LogP contribution < -0.4 is 14.8 Å². The van der Waals surface area contributed by atoms with E-state index in [2.05, 4.69) is 21.2 Å². The largest absolute Gasteiger partial charge is 0.490 e. The molecule has 5 nitrogen and oxygen atoms in total. The van der Waals surface area contributed by atoms with Gasteiger partial charge in [0.15, 0.2) is 11.5 Å². The van der Waals surface area contributed by atoms with Crippen LogP contribution in [0.25, 0.3) is 0 Å². The van der Waals surface area contributed by atoms with E-state index in [9.17, 15) is 14.3 Å². The summed E-state index contributed by atoms with van der Waals surface area (Å²) < 4.78 is 26.0. The molecule has 2 aromatic rings. The molecule has 2 rings (SSSR count). The second-order valence-electron chi connectivity index (χ2n) is 6.66. The number of benzene rings is 2. The summed E-state index contributed by atoms with van der Waals surface area (Å²) in [6.45, 7) is 6.43. The molecule has 0 fully saturated rings. The third kappa shape index (κ3) is 5.94. The highest BCUT2D eigenvalue weighted by atomic mass is 79.9. The van der Waals surface area contributed by atoms with Gasteiger partial charge < -0.3 is 19.9 Å². The first-order valence-corrected chi connectivity index (χ1v) is 9.90. The summed E-state index contributed by atoms with van der Waals surface area (Å²) in [6, 6.07) is 9.43. The van der Waals surface area contributed by atoms with Gasteiger partial charge in [0.2, 0.25) is 0 Å². The fourth-order valence-corrected chi connectivity index (χ4v) is 3.33. The Morgan fingerprint density at radius 2 is 1.96 bits per heavy atom. The van der Waals surface area contributed by atoms with Gasteiger partial charge in [-0.05, 0) is 52.5 Å². The van der Waals surface area contributed by atoms with Gasteiger partial charge in [-0.1, -0.05) is 32.0 Å². The summed E-state index contributed by atoms with van der Waals surface area (Å²) in [5.41, 5.74) is 1.30. The summed E-state index contributed by atoms with van der Waals surface area (Å²) in [5, 5.41) is 12.4. The third-order valence-electron chi connectivity index (χ3n) is 4.16. The normalized spacial score (nSPS) is 12.1. The number of carboxylic acid groups (broad SMARTS) is 1. The number of ether oxygens (including phenoxy) is 2. The predicted molar refractivity (Wildman–Crippen MR) is 109 cm³/mol. The molecule has 0 aromatic heterocycles. The van der Waals surface area contributed by atoms with Crippen molar-refractivity contribution in [2.75, 3.05) is 6.61 Å². The van der Waals surface area contributed by atoms with Crippen LogP contribution in [0.1, 0.15) is 31.9 Å². The highest BCUT2D eigenvalue weighted by molar-refractivity contribution is 9.10. The van der Waals surface area contributed by atoms with Gasteiger partial charge in [-0.2, -0.15) is 0 Å². The number of hydrogen-bond acceptors (Lipinski definition) is 4. The number of nitrogens with one attached hydrogen (secondary N) is 1. The van der Waals surface area contributed by atoms with Crippen molar-refractivity contribution in [3.8, 4) is 11.5 Å². The van der Waals surface area contributed by atoms with E-state index < -0.39 is 12.0 Å². The minimum absolute atomic E-state index is 0.0457. The van der Waals surface area contributed by atoms with Gasteiger partial charge in [-0.25, -0.2) is 4.39 Å². The zero-order valence-corrected chi connectivity index (χ0v) is 17.8. The van der Waals surface area contributed by atoms with Gasteiger partial charge in [0.1, 0.15) is 18.5 Å². The van der Waals surface area contributed by atoms with E-state index in [0.29, 0.717) is 34.7 Å². The van der Waals surface area contributed by atoms with Crippen molar-refractivity contribution in [3.63, 3.8) is 0 Å². The minimum atomic E-state index is -0.885. The average Bonchev–Trinajstić information content (AvgIpc) is 2.62. The molecule has 0 aliphatic rings. The average molecular weight is 454 g/mol. The van der Waals surface area contributed by atoms with E-state index in [-0.39, 0.29) is 18.3 Å². The zero-order chi connectivity index (χ0) is 20.7. The first-order valence-electron chi connectivity index (χ1n) is 9.11. The van der Waals surface area contributed by atoms with Crippen molar-refractivity contribution in [1.29, 1.82) is 0 Å². The lowest BCUT2D eigenvalue weighted by Gasteiger charge is -2.19. The molecule has 0 amide bonds. The van der Waals surface area contributed by atoms with Gasteiger partial charge >= 0.3 is 5.97 Å². The van der Waals surface area contributed by atoms with Crippen LogP contribution in [0.5, 0.6) is 11.5 Å². The van der Waals surface area contributed by atoms with Gasteiger partial charge in [0, 0.05) is 12.1 Å². The Balaban J connectivity index is 2.18. The molecule has 0 saturated carbocycles. The Labute approximate surface area is 173 Å². The predicted octanol–water partition coefficient (Wildman–Crippen LogP) is 4.76. The van der Waals surface area contributed by atoms with Crippen LogP contribution in [0.3, 0.4) is 0 Å². The maximum absolute atomic E-state index is 13.8. The lowest BCUT2D eigenvalue weighted by Crippen LogP contribution is -2.40. The second-order valence-corrected chi connectivity index (χ2v) is 7.51. The minimum Gasteiger partial charge on any atom is -0.490 e. The van der Waals surface area contributed by atoms with Gasteiger partial charge in [0.05, 0.1) is 11.1 Å². The van der Waals surface area contributed by atoms with E-state index in [1.165, 1.54) is 6.07 Å². The van der Waals surface area contributed by atoms with Crippen molar-refractivity contribution in [2.45, 2.75) is 40.0 Å². The van der Waals surface area contributed by atoms with E-state index >= 15 is 0 Å². The Morgan fingerprint density at radius 3 is 2.57 bits per heavy atom. The number of hydrogen-bond donors (Lipinski definition) is 2. The standard InChI is InChI=1S/C21H25BrFNO4/c1-4-27-18-10-14(11-24-19(13(2)3)21(25)26)9-16(22)20(18)28-12-15-7-5-6-8-17(15)23/h5-10,13,19,24H,4,11-12H2,1-3H3,(H,25,26). The van der Waals surface area contributed by atoms with E-state index in [1.54, 1.807) is 24.3 Å². The summed E-state index contributed by atoms with van der Waals surface area (Å²) in [4.78, 5) is 11.4. The molecule has 0 bridgehead atoms. The monoisotopic (exact) mass is 453 g/mol. The first-order chi connectivity index (χ1) is 13.3. The molecule has 1 atom stereocenters. The lowest BCUT2D eigenvalue weighted by molar-refractivity contribution is -0.140. The van der Waals surface area contributed by atoms with Crippen LogP contribution in [0.4, 0.5) is 4.39 Å². The molecule has 152 valence electrons. The lowest BCUT2D eigenvalue weighted by atomic mass is 10.0. The van der Waals surface area contributed by atoms with E-state index in [4.69, 9.17) is 9.47 Å². The Bertz CT molecular complexity index is 813. The van der Waals surface area contributed by atoms with Crippen LogP contribution in [-0.4, -0.2) is 23.7 Å². The smallest absolute Gasteiger partial charge is 0.320 e. The molecule has 28 heavy (non-hydrogen) atoms. The molecule has 0 radical (unpaired) electrons. The molecular weight excluding hydrogens is 429 g/mol. The molecular formula is C21H25BrFNO4. The summed E-state index contributed by atoms with van der Waals surface area (Å²) in [5.74, 6) is -0.264. The molecule has 2 aromatic carbocycles. The SMILES string of the molecule is CCOc1cc(CNC(C(=O)O)C(C)C)cc(Br)c1OCc1ccccc1F. The Kier molecular flexibility index (Phi) is 8.26. The Hall–Kier alpha value is -2.12. The zero-order valence-electron chi connectivity index (χ0n) is 16.2. The summed E-state index contributed by atoms with van der Waals surface area (Å²) in [7, 11) is 0. The third-order valence-corrected chi connectivity index (χ3v) is 4.75. The fraction of sp³-hybridized carbons (Fsp3) is 0.381. The maximum atomic E-state index is 13.8. The number of carboxylic acids is 1. The number of aliphatic carboxylic acids is 1. The molecule has 0 saturated heterocycles. The van der Waals surface area contributed by atoms with E-state index in [1.807, 2.05) is 26.8 Å². The van der Waals surface area contributed by atoms with E-state index in [0.717, 1.165) is 5.56 Å². The molecule has 7 heteroatoms. The van der Waals surface area contributed by atoms with Crippen LogP contribution in [0.2, 0.25) is 0 Å². The van der Waals surface area contributed by atoms with Gasteiger partial charge in [-0.15, -0.1) is 0 Å². The molecule has 0 aliphatic heterocycles. The van der Waals surface area contributed by atoms with Crippen LogP contribution >= 0.6 is 15.9 Å². The topological polar surface area (TPSA) is 67.8 Å².